The highest BCUT2D eigenvalue weighted by atomic mass is 16.5. The number of rotatable bonds is 2. The maximum atomic E-state index is 13.2. The zero-order valence-electron chi connectivity index (χ0n) is 15.9. The molecule has 0 aromatic carbocycles. The maximum absolute atomic E-state index is 13.2. The van der Waals surface area contributed by atoms with E-state index in [1.807, 2.05) is 0 Å². The number of fused-ring (bicyclic) bond motifs is 11. The Hall–Kier alpha value is -0.790. The number of hydrogen-bond acceptors (Lipinski definition) is 2. The first-order chi connectivity index (χ1) is 11.9. The van der Waals surface area contributed by atoms with Gasteiger partial charge in [-0.3, -0.25) is 4.79 Å². The molecular formula is C23H32O2. The van der Waals surface area contributed by atoms with Crippen LogP contribution < -0.4 is 0 Å². The molecule has 0 aliphatic heterocycles. The second kappa shape index (κ2) is 4.54. The molecule has 0 amide bonds. The monoisotopic (exact) mass is 340 g/mol. The summed E-state index contributed by atoms with van der Waals surface area (Å²) in [4.78, 5) is 13.2. The van der Waals surface area contributed by atoms with E-state index < -0.39 is 0 Å². The third-order valence-electron chi connectivity index (χ3n) is 10.5. The van der Waals surface area contributed by atoms with Gasteiger partial charge in [-0.15, -0.1) is 0 Å². The van der Waals surface area contributed by atoms with Crippen molar-refractivity contribution in [1.82, 2.24) is 0 Å². The molecule has 0 saturated heterocycles. The molecule has 0 heterocycles. The molecule has 10 atom stereocenters. The minimum atomic E-state index is 0.170. The lowest BCUT2D eigenvalue weighted by Gasteiger charge is -2.40. The van der Waals surface area contributed by atoms with Crippen molar-refractivity contribution < 1.29 is 9.53 Å². The van der Waals surface area contributed by atoms with Gasteiger partial charge in [0.25, 0.3) is 0 Å². The van der Waals surface area contributed by atoms with E-state index in [0.717, 1.165) is 48.3 Å². The molecule has 0 radical (unpaired) electrons. The largest absolute Gasteiger partial charge is 0.462 e. The van der Waals surface area contributed by atoms with Crippen LogP contribution in [0.5, 0.6) is 0 Å². The molecule has 2 heteroatoms. The normalized spacial score (nSPS) is 58.9. The summed E-state index contributed by atoms with van der Waals surface area (Å²) in [6.07, 6.45) is 12.6. The van der Waals surface area contributed by atoms with Crippen molar-refractivity contribution in [2.45, 2.75) is 65.4 Å². The average molecular weight is 341 g/mol. The quantitative estimate of drug-likeness (QED) is 0.408. The molecule has 0 aromatic heterocycles. The summed E-state index contributed by atoms with van der Waals surface area (Å²) in [6, 6.07) is 0. The molecule has 6 bridgehead atoms. The third-order valence-corrected chi connectivity index (χ3v) is 10.5. The second-order valence-corrected chi connectivity index (χ2v) is 11.1. The van der Waals surface area contributed by atoms with Gasteiger partial charge in [0, 0.05) is 5.41 Å². The van der Waals surface area contributed by atoms with E-state index in [1.54, 1.807) is 0 Å². The van der Waals surface area contributed by atoms with Gasteiger partial charge in [-0.25, -0.2) is 0 Å². The van der Waals surface area contributed by atoms with Crippen LogP contribution in [0.4, 0.5) is 0 Å². The van der Waals surface area contributed by atoms with Gasteiger partial charge in [0.05, 0.1) is 5.92 Å². The van der Waals surface area contributed by atoms with Gasteiger partial charge in [-0.05, 0) is 85.4 Å². The molecular weight excluding hydrogens is 308 g/mol. The lowest BCUT2D eigenvalue weighted by molar-refractivity contribution is -0.165. The lowest BCUT2D eigenvalue weighted by atomic mass is 9.69. The summed E-state index contributed by atoms with van der Waals surface area (Å²) in [5, 5.41) is 0. The molecule has 5 fully saturated rings. The van der Waals surface area contributed by atoms with E-state index in [1.165, 1.54) is 25.7 Å². The average Bonchev–Trinajstić information content (AvgIpc) is 3.37. The molecule has 0 aromatic rings. The van der Waals surface area contributed by atoms with Gasteiger partial charge in [-0.2, -0.15) is 0 Å². The minimum absolute atomic E-state index is 0.170. The number of allylic oxidation sites excluding steroid dienone is 2. The predicted molar refractivity (Wildman–Crippen MR) is 96.5 cm³/mol. The Labute approximate surface area is 151 Å². The number of esters is 1. The zero-order chi connectivity index (χ0) is 17.1. The lowest BCUT2D eigenvalue weighted by Crippen LogP contribution is -2.41. The SMILES string of the molecule is CC1(C)C2CCC1(C)C(OC(=O)C1CC3CC1C1C4C=CC(C4)C31)C2. The molecule has 2 nitrogen and oxygen atoms in total. The van der Waals surface area contributed by atoms with E-state index in [4.69, 9.17) is 4.74 Å². The summed E-state index contributed by atoms with van der Waals surface area (Å²) in [7, 11) is 0. The fraction of sp³-hybridized carbons (Fsp3) is 0.870. The highest BCUT2D eigenvalue weighted by molar-refractivity contribution is 5.74. The standard InChI is InChI=1S/C23H32O2/c1-22(2)15-6-7-23(22,3)18(11-15)25-21(24)17-10-14-9-16(17)20-13-5-4-12(8-13)19(14)20/h4-5,12-20H,6-11H2,1-3H3. The van der Waals surface area contributed by atoms with Gasteiger partial charge in [0.2, 0.25) is 0 Å². The van der Waals surface area contributed by atoms with Gasteiger partial charge >= 0.3 is 5.97 Å². The van der Waals surface area contributed by atoms with Crippen LogP contribution in [-0.4, -0.2) is 12.1 Å². The summed E-state index contributed by atoms with van der Waals surface area (Å²) < 4.78 is 6.29. The van der Waals surface area contributed by atoms with Crippen LogP contribution >= 0.6 is 0 Å². The molecule has 6 aliphatic carbocycles. The number of carbonyl (C=O) groups is 1. The second-order valence-electron chi connectivity index (χ2n) is 11.1. The summed E-state index contributed by atoms with van der Waals surface area (Å²) in [6.45, 7) is 7.19. The fourth-order valence-corrected chi connectivity index (χ4v) is 8.82. The van der Waals surface area contributed by atoms with Gasteiger partial charge < -0.3 is 4.74 Å². The van der Waals surface area contributed by atoms with Gasteiger partial charge in [0.15, 0.2) is 0 Å². The Balaban J connectivity index is 1.20. The molecule has 136 valence electrons. The van der Waals surface area contributed by atoms with Crippen molar-refractivity contribution in [1.29, 1.82) is 0 Å². The van der Waals surface area contributed by atoms with Crippen LogP contribution in [0.2, 0.25) is 0 Å². The Kier molecular flexibility index (Phi) is 2.78. The van der Waals surface area contributed by atoms with Crippen LogP contribution in [0.3, 0.4) is 0 Å². The third kappa shape index (κ3) is 1.66. The number of hydrogen-bond donors (Lipinski definition) is 0. The first-order valence-electron chi connectivity index (χ1n) is 10.8. The van der Waals surface area contributed by atoms with Crippen molar-refractivity contribution >= 4 is 5.97 Å². The van der Waals surface area contributed by atoms with Crippen molar-refractivity contribution in [3.05, 3.63) is 12.2 Å². The van der Waals surface area contributed by atoms with Crippen LogP contribution in [0.15, 0.2) is 12.2 Å². The molecule has 0 spiro atoms. The Morgan fingerprint density at radius 2 is 1.76 bits per heavy atom. The minimum Gasteiger partial charge on any atom is -0.462 e. The topological polar surface area (TPSA) is 26.3 Å². The van der Waals surface area contributed by atoms with Crippen LogP contribution in [-0.2, 0) is 9.53 Å². The van der Waals surface area contributed by atoms with Crippen molar-refractivity contribution in [3.63, 3.8) is 0 Å². The van der Waals surface area contributed by atoms with Crippen molar-refractivity contribution in [2.24, 2.45) is 58.2 Å². The maximum Gasteiger partial charge on any atom is 0.309 e. The smallest absolute Gasteiger partial charge is 0.309 e. The Bertz CT molecular complexity index is 663. The molecule has 10 unspecified atom stereocenters. The summed E-state index contributed by atoms with van der Waals surface area (Å²) in [5.41, 5.74) is 0.524. The fourth-order valence-electron chi connectivity index (χ4n) is 8.82. The molecule has 0 N–H and O–H groups in total. The molecule has 5 saturated carbocycles. The summed E-state index contributed by atoms with van der Waals surface area (Å²) >= 11 is 0. The first-order valence-corrected chi connectivity index (χ1v) is 10.8. The predicted octanol–water partition coefficient (Wildman–Crippen LogP) is 4.84. The Morgan fingerprint density at radius 3 is 2.44 bits per heavy atom. The first kappa shape index (κ1) is 15.3. The molecule has 6 aliphatic rings. The van der Waals surface area contributed by atoms with E-state index in [0.29, 0.717) is 11.3 Å². The van der Waals surface area contributed by atoms with E-state index in [9.17, 15) is 4.79 Å². The Morgan fingerprint density at radius 1 is 1.00 bits per heavy atom. The van der Waals surface area contributed by atoms with E-state index >= 15 is 0 Å². The van der Waals surface area contributed by atoms with Crippen molar-refractivity contribution in [2.75, 3.05) is 0 Å². The highest BCUT2D eigenvalue weighted by Crippen LogP contribution is 2.68. The molecule has 6 rings (SSSR count). The number of ether oxygens (including phenoxy) is 1. The van der Waals surface area contributed by atoms with Crippen LogP contribution in [0.25, 0.3) is 0 Å². The van der Waals surface area contributed by atoms with Crippen molar-refractivity contribution in [3.8, 4) is 0 Å². The molecule has 25 heavy (non-hydrogen) atoms. The van der Waals surface area contributed by atoms with E-state index in [-0.39, 0.29) is 23.4 Å². The van der Waals surface area contributed by atoms with Crippen LogP contribution in [0, 0.1) is 58.2 Å². The highest BCUT2D eigenvalue weighted by Gasteiger charge is 2.65. The van der Waals surface area contributed by atoms with Crippen LogP contribution in [0.1, 0.15) is 59.3 Å². The number of carbonyl (C=O) groups excluding carboxylic acids is 1. The summed E-state index contributed by atoms with van der Waals surface area (Å²) in [5.74, 6) is 5.89. The van der Waals surface area contributed by atoms with Gasteiger partial charge in [0.1, 0.15) is 6.10 Å². The van der Waals surface area contributed by atoms with Gasteiger partial charge in [-0.1, -0.05) is 32.9 Å². The zero-order valence-corrected chi connectivity index (χ0v) is 15.9. The van der Waals surface area contributed by atoms with E-state index in [2.05, 4.69) is 32.9 Å².